The highest BCUT2D eigenvalue weighted by atomic mass is 32.1. The molecule has 8 heteroatoms. The first kappa shape index (κ1) is 23.3. The summed E-state index contributed by atoms with van der Waals surface area (Å²) in [5, 5.41) is 22.4. The van der Waals surface area contributed by atoms with Gasteiger partial charge >= 0.3 is 5.97 Å². The minimum Gasteiger partial charge on any atom is -0.507 e. The first-order valence-electron chi connectivity index (χ1n) is 10.8. The van der Waals surface area contributed by atoms with Crippen molar-refractivity contribution in [1.29, 1.82) is 0 Å². The summed E-state index contributed by atoms with van der Waals surface area (Å²) in [7, 11) is 0. The van der Waals surface area contributed by atoms with E-state index in [-0.39, 0.29) is 18.1 Å². The maximum atomic E-state index is 13.0. The second kappa shape index (κ2) is 9.52. The Balaban J connectivity index is 1.65. The largest absolute Gasteiger partial charge is 0.507 e. The average Bonchev–Trinajstić information content (AvgIpc) is 3.45. The Hall–Kier alpha value is -3.91. The molecule has 0 radical (unpaired) electrons. The van der Waals surface area contributed by atoms with Crippen LogP contribution in [0.5, 0.6) is 5.75 Å². The molecule has 0 aliphatic heterocycles. The minimum absolute atomic E-state index is 0.120. The van der Waals surface area contributed by atoms with Crippen LogP contribution >= 0.6 is 11.3 Å². The van der Waals surface area contributed by atoms with E-state index >= 15 is 0 Å². The number of benzene rings is 2. The summed E-state index contributed by atoms with van der Waals surface area (Å²) < 4.78 is 5.27. The molecule has 3 N–H and O–H groups in total. The van der Waals surface area contributed by atoms with Crippen molar-refractivity contribution in [3.63, 3.8) is 0 Å². The van der Waals surface area contributed by atoms with Crippen LogP contribution in [0.3, 0.4) is 0 Å². The van der Waals surface area contributed by atoms with Crippen LogP contribution in [0.2, 0.25) is 0 Å². The molecule has 0 aliphatic rings. The monoisotopic (exact) mass is 475 g/mol. The van der Waals surface area contributed by atoms with Crippen LogP contribution in [0.25, 0.3) is 22.4 Å². The standard InChI is InChI=1S/C26H25N3O4S/c1-5-33-26(32)22-19(17-8-6-14(2)7-9-17)13-34-25(22)27-24(31)21-12-20(28-29-21)18-11-15(3)10-16(4)23(18)30/h6-13,30H,5H2,1-4H3,(H,27,31)(H,28,29). The van der Waals surface area contributed by atoms with Crippen molar-refractivity contribution < 1.29 is 19.4 Å². The quantitative estimate of drug-likeness (QED) is 0.303. The van der Waals surface area contributed by atoms with Gasteiger partial charge in [-0.25, -0.2) is 4.79 Å². The molecule has 2 aromatic carbocycles. The van der Waals surface area contributed by atoms with Crippen molar-refractivity contribution in [1.82, 2.24) is 10.2 Å². The normalized spacial score (nSPS) is 10.8. The SMILES string of the molecule is CCOC(=O)c1c(-c2ccc(C)cc2)csc1NC(=O)c1cc(-c2cc(C)cc(C)c2O)n[nH]1. The number of anilines is 1. The number of hydrogen-bond acceptors (Lipinski definition) is 6. The summed E-state index contributed by atoms with van der Waals surface area (Å²) in [6.07, 6.45) is 0. The van der Waals surface area contributed by atoms with Crippen LogP contribution in [-0.2, 0) is 4.74 Å². The first-order valence-corrected chi connectivity index (χ1v) is 11.7. The predicted octanol–water partition coefficient (Wildman–Crippen LogP) is 5.87. The van der Waals surface area contributed by atoms with Gasteiger partial charge in [0, 0.05) is 16.5 Å². The zero-order valence-electron chi connectivity index (χ0n) is 19.4. The number of carbonyl (C=O) groups is 2. The molecule has 0 spiro atoms. The Morgan fingerprint density at radius 3 is 2.50 bits per heavy atom. The van der Waals surface area contributed by atoms with Gasteiger partial charge in [-0.3, -0.25) is 9.89 Å². The molecule has 0 aliphatic carbocycles. The lowest BCUT2D eigenvalue weighted by Crippen LogP contribution is -2.15. The first-order chi connectivity index (χ1) is 16.3. The highest BCUT2D eigenvalue weighted by molar-refractivity contribution is 7.15. The van der Waals surface area contributed by atoms with Crippen molar-refractivity contribution in [2.24, 2.45) is 0 Å². The molecule has 174 valence electrons. The zero-order chi connectivity index (χ0) is 24.4. The molecule has 0 saturated heterocycles. The summed E-state index contributed by atoms with van der Waals surface area (Å²) in [6, 6.07) is 13.1. The Kier molecular flexibility index (Phi) is 6.51. The molecular formula is C26H25N3O4S. The summed E-state index contributed by atoms with van der Waals surface area (Å²) in [5.41, 5.74) is 5.87. The van der Waals surface area contributed by atoms with Crippen LogP contribution < -0.4 is 5.32 Å². The van der Waals surface area contributed by atoms with E-state index in [0.717, 1.165) is 22.3 Å². The Morgan fingerprint density at radius 2 is 1.79 bits per heavy atom. The number of rotatable bonds is 6. The number of aromatic hydroxyl groups is 1. The van der Waals surface area contributed by atoms with Crippen molar-refractivity contribution in [3.8, 4) is 28.1 Å². The summed E-state index contributed by atoms with van der Waals surface area (Å²) >= 11 is 1.25. The van der Waals surface area contributed by atoms with Gasteiger partial charge in [0.1, 0.15) is 22.0 Å². The lowest BCUT2D eigenvalue weighted by molar-refractivity contribution is 0.0529. The third-order valence-corrected chi connectivity index (χ3v) is 6.30. The molecule has 0 saturated carbocycles. The molecule has 4 rings (SSSR count). The number of phenols is 1. The fourth-order valence-corrected chi connectivity index (χ4v) is 4.66. The summed E-state index contributed by atoms with van der Waals surface area (Å²) in [5.74, 6) is -0.833. The number of hydrogen-bond donors (Lipinski definition) is 3. The van der Waals surface area contributed by atoms with E-state index in [4.69, 9.17) is 4.74 Å². The number of aromatic amines is 1. The maximum Gasteiger partial charge on any atom is 0.341 e. The van der Waals surface area contributed by atoms with E-state index in [1.165, 1.54) is 11.3 Å². The van der Waals surface area contributed by atoms with E-state index < -0.39 is 11.9 Å². The van der Waals surface area contributed by atoms with Gasteiger partial charge in [0.2, 0.25) is 0 Å². The molecule has 7 nitrogen and oxygen atoms in total. The molecule has 0 bridgehead atoms. The van der Waals surface area contributed by atoms with Crippen LogP contribution in [0.15, 0.2) is 47.8 Å². The van der Waals surface area contributed by atoms with Gasteiger partial charge in [-0.15, -0.1) is 11.3 Å². The molecule has 0 atom stereocenters. The molecular weight excluding hydrogens is 450 g/mol. The topological polar surface area (TPSA) is 104 Å². The Morgan fingerprint density at radius 1 is 1.06 bits per heavy atom. The van der Waals surface area contributed by atoms with Crippen LogP contribution in [-0.4, -0.2) is 33.8 Å². The van der Waals surface area contributed by atoms with Crippen LogP contribution in [0, 0.1) is 20.8 Å². The molecule has 4 aromatic rings. The molecule has 2 heterocycles. The second-order valence-corrected chi connectivity index (χ2v) is 8.92. The number of phenolic OH excluding ortho intramolecular Hbond substituents is 1. The van der Waals surface area contributed by atoms with E-state index in [2.05, 4.69) is 15.5 Å². The number of nitrogens with zero attached hydrogens (tertiary/aromatic N) is 1. The lowest BCUT2D eigenvalue weighted by Gasteiger charge is -2.08. The van der Waals surface area contributed by atoms with Crippen molar-refractivity contribution in [2.45, 2.75) is 27.7 Å². The van der Waals surface area contributed by atoms with Gasteiger partial charge in [-0.05, 0) is 56.5 Å². The van der Waals surface area contributed by atoms with Crippen LogP contribution in [0.4, 0.5) is 5.00 Å². The zero-order valence-corrected chi connectivity index (χ0v) is 20.2. The number of aryl methyl sites for hydroxylation is 3. The highest BCUT2D eigenvalue weighted by Gasteiger charge is 2.24. The molecule has 2 aromatic heterocycles. The lowest BCUT2D eigenvalue weighted by atomic mass is 10.0. The molecule has 1 amide bonds. The minimum atomic E-state index is -0.500. The van der Waals surface area contributed by atoms with Gasteiger partial charge in [-0.2, -0.15) is 5.10 Å². The van der Waals surface area contributed by atoms with Gasteiger partial charge in [0.05, 0.1) is 12.3 Å². The van der Waals surface area contributed by atoms with Gasteiger partial charge in [0.25, 0.3) is 5.91 Å². The van der Waals surface area contributed by atoms with Gasteiger partial charge in [0.15, 0.2) is 0 Å². The predicted molar refractivity (Wildman–Crippen MR) is 134 cm³/mol. The highest BCUT2D eigenvalue weighted by Crippen LogP contribution is 2.37. The van der Waals surface area contributed by atoms with Crippen molar-refractivity contribution in [2.75, 3.05) is 11.9 Å². The number of aromatic nitrogens is 2. The van der Waals surface area contributed by atoms with E-state index in [0.29, 0.717) is 27.4 Å². The third kappa shape index (κ3) is 4.58. The summed E-state index contributed by atoms with van der Waals surface area (Å²) in [4.78, 5) is 25.8. The number of esters is 1. The van der Waals surface area contributed by atoms with E-state index in [1.54, 1.807) is 13.0 Å². The number of thiophene rings is 1. The Labute approximate surface area is 201 Å². The van der Waals surface area contributed by atoms with E-state index in [9.17, 15) is 14.7 Å². The molecule has 0 unspecified atom stereocenters. The van der Waals surface area contributed by atoms with Crippen molar-refractivity contribution in [3.05, 3.63) is 75.8 Å². The Bertz CT molecular complexity index is 1370. The van der Waals surface area contributed by atoms with E-state index in [1.807, 2.05) is 62.5 Å². The molecule has 34 heavy (non-hydrogen) atoms. The fraction of sp³-hybridized carbons (Fsp3) is 0.192. The number of carbonyl (C=O) groups excluding carboxylic acids is 2. The molecule has 0 fully saturated rings. The number of amides is 1. The van der Waals surface area contributed by atoms with Gasteiger partial charge in [-0.1, -0.05) is 35.9 Å². The van der Waals surface area contributed by atoms with Crippen LogP contribution in [0.1, 0.15) is 44.5 Å². The smallest absolute Gasteiger partial charge is 0.341 e. The number of nitrogens with one attached hydrogen (secondary N) is 2. The number of H-pyrrole nitrogens is 1. The maximum absolute atomic E-state index is 13.0. The van der Waals surface area contributed by atoms with Gasteiger partial charge < -0.3 is 15.2 Å². The second-order valence-electron chi connectivity index (χ2n) is 8.04. The fourth-order valence-electron chi connectivity index (χ4n) is 3.70. The van der Waals surface area contributed by atoms with Crippen molar-refractivity contribution >= 4 is 28.2 Å². The third-order valence-electron chi connectivity index (χ3n) is 5.40. The average molecular weight is 476 g/mol. The number of ether oxygens (including phenoxy) is 1. The summed E-state index contributed by atoms with van der Waals surface area (Å²) in [6.45, 7) is 7.69.